The zero-order valence-electron chi connectivity index (χ0n) is 18.1. The average Bonchev–Trinajstić information content (AvgIpc) is 2.70. The van der Waals surface area contributed by atoms with E-state index in [9.17, 15) is 19.2 Å². The van der Waals surface area contributed by atoms with E-state index in [1.54, 1.807) is 70.2 Å². The summed E-state index contributed by atoms with van der Waals surface area (Å²) >= 11 is 0. The van der Waals surface area contributed by atoms with Crippen LogP contribution in [0.5, 0.6) is 0 Å². The first-order valence-corrected chi connectivity index (χ1v) is 10.1. The number of halogens is 1. The molecule has 1 amide bonds. The van der Waals surface area contributed by atoms with Crippen LogP contribution in [0.15, 0.2) is 59.8 Å². The van der Waals surface area contributed by atoms with E-state index in [0.717, 1.165) is 0 Å². The van der Waals surface area contributed by atoms with Crippen molar-refractivity contribution in [2.45, 2.75) is 52.2 Å². The standard InChI is InChI=1S/C25H25FN2O3/c1-16-23(24(30)31-25(2,3)4)20(19-11-7-8-12-21(19)26)13-22(29)28(16)15-18-10-6-5-9-17(18)14-27/h5-12,20H,13,15H2,1-4H3. The van der Waals surface area contributed by atoms with Gasteiger partial charge in [0, 0.05) is 18.0 Å². The molecule has 160 valence electrons. The predicted octanol–water partition coefficient (Wildman–Crippen LogP) is 4.83. The van der Waals surface area contributed by atoms with Crippen molar-refractivity contribution in [1.29, 1.82) is 5.26 Å². The Bertz CT molecular complexity index is 1090. The molecule has 0 bridgehead atoms. The van der Waals surface area contributed by atoms with E-state index in [1.165, 1.54) is 11.0 Å². The number of ether oxygens (including phenoxy) is 1. The summed E-state index contributed by atoms with van der Waals surface area (Å²) in [5.41, 5.74) is 1.33. The van der Waals surface area contributed by atoms with Gasteiger partial charge in [0.1, 0.15) is 11.4 Å². The molecular weight excluding hydrogens is 395 g/mol. The van der Waals surface area contributed by atoms with Crippen LogP contribution in [0.4, 0.5) is 4.39 Å². The molecule has 0 fully saturated rings. The van der Waals surface area contributed by atoms with Crippen LogP contribution < -0.4 is 0 Å². The Morgan fingerprint density at radius 3 is 2.48 bits per heavy atom. The van der Waals surface area contributed by atoms with Crippen molar-refractivity contribution in [2.75, 3.05) is 0 Å². The van der Waals surface area contributed by atoms with E-state index in [0.29, 0.717) is 16.8 Å². The molecule has 6 heteroatoms. The van der Waals surface area contributed by atoms with Gasteiger partial charge in [-0.2, -0.15) is 5.26 Å². The molecule has 1 aliphatic rings. The van der Waals surface area contributed by atoms with Gasteiger partial charge in [-0.25, -0.2) is 9.18 Å². The van der Waals surface area contributed by atoms with Gasteiger partial charge in [-0.1, -0.05) is 36.4 Å². The van der Waals surface area contributed by atoms with E-state index in [-0.39, 0.29) is 30.0 Å². The van der Waals surface area contributed by atoms with Crippen LogP contribution >= 0.6 is 0 Å². The van der Waals surface area contributed by atoms with Crippen LogP contribution in [0.25, 0.3) is 0 Å². The maximum atomic E-state index is 14.6. The van der Waals surface area contributed by atoms with Crippen LogP contribution in [0.1, 0.15) is 56.7 Å². The van der Waals surface area contributed by atoms with Crippen molar-refractivity contribution in [2.24, 2.45) is 0 Å². The SMILES string of the molecule is CC1=C(C(=O)OC(C)(C)C)C(c2ccccc2F)CC(=O)N1Cc1ccccc1C#N. The number of carbonyl (C=O) groups is 2. The van der Waals surface area contributed by atoms with Crippen molar-refractivity contribution in [3.8, 4) is 6.07 Å². The lowest BCUT2D eigenvalue weighted by atomic mass is 9.83. The molecule has 1 aliphatic heterocycles. The first-order chi connectivity index (χ1) is 14.6. The van der Waals surface area contributed by atoms with Gasteiger partial charge in [-0.15, -0.1) is 0 Å². The monoisotopic (exact) mass is 420 g/mol. The number of amides is 1. The lowest BCUT2D eigenvalue weighted by Crippen LogP contribution is -2.39. The van der Waals surface area contributed by atoms with Gasteiger partial charge in [0.25, 0.3) is 0 Å². The molecule has 5 nitrogen and oxygen atoms in total. The third kappa shape index (κ3) is 4.83. The molecule has 2 aromatic rings. The summed E-state index contributed by atoms with van der Waals surface area (Å²) in [6.45, 7) is 7.08. The lowest BCUT2D eigenvalue weighted by molar-refractivity contribution is -0.150. The van der Waals surface area contributed by atoms with Crippen LogP contribution in [-0.2, 0) is 20.9 Å². The molecule has 0 saturated heterocycles. The Kier molecular flexibility index (Phi) is 6.26. The minimum Gasteiger partial charge on any atom is -0.457 e. The predicted molar refractivity (Wildman–Crippen MR) is 114 cm³/mol. The van der Waals surface area contributed by atoms with Crippen molar-refractivity contribution < 1.29 is 18.7 Å². The third-order valence-electron chi connectivity index (χ3n) is 5.19. The van der Waals surface area contributed by atoms with Crippen LogP contribution in [0, 0.1) is 17.1 Å². The molecule has 1 heterocycles. The Morgan fingerprint density at radius 2 is 1.84 bits per heavy atom. The highest BCUT2D eigenvalue weighted by atomic mass is 19.1. The number of hydrogen-bond donors (Lipinski definition) is 0. The van der Waals surface area contributed by atoms with Crippen molar-refractivity contribution in [1.82, 2.24) is 4.90 Å². The summed E-state index contributed by atoms with van der Waals surface area (Å²) < 4.78 is 20.2. The fourth-order valence-corrected chi connectivity index (χ4v) is 3.76. The minimum absolute atomic E-state index is 0.0679. The van der Waals surface area contributed by atoms with Crippen molar-refractivity contribution >= 4 is 11.9 Å². The largest absolute Gasteiger partial charge is 0.457 e. The number of esters is 1. The number of nitriles is 1. The molecule has 31 heavy (non-hydrogen) atoms. The van der Waals surface area contributed by atoms with Crippen LogP contribution in [-0.4, -0.2) is 22.4 Å². The number of rotatable bonds is 4. The van der Waals surface area contributed by atoms with Crippen LogP contribution in [0.3, 0.4) is 0 Å². The van der Waals surface area contributed by atoms with Crippen molar-refractivity contribution in [3.05, 3.63) is 82.3 Å². The van der Waals surface area contributed by atoms with Crippen LogP contribution in [0.2, 0.25) is 0 Å². The van der Waals surface area contributed by atoms with Gasteiger partial charge in [0.15, 0.2) is 0 Å². The van der Waals surface area contributed by atoms with Gasteiger partial charge in [-0.3, -0.25) is 4.79 Å². The topological polar surface area (TPSA) is 70.4 Å². The second-order valence-corrected chi connectivity index (χ2v) is 8.53. The summed E-state index contributed by atoms with van der Waals surface area (Å²) in [6.07, 6.45) is -0.0679. The van der Waals surface area contributed by atoms with Gasteiger partial charge >= 0.3 is 5.97 Å². The van der Waals surface area contributed by atoms with Gasteiger partial charge in [0.05, 0.1) is 23.8 Å². The maximum Gasteiger partial charge on any atom is 0.336 e. The molecule has 0 spiro atoms. The fourth-order valence-electron chi connectivity index (χ4n) is 3.76. The summed E-state index contributed by atoms with van der Waals surface area (Å²) in [4.78, 5) is 27.7. The Hall–Kier alpha value is -3.46. The highest BCUT2D eigenvalue weighted by Crippen LogP contribution is 2.39. The highest BCUT2D eigenvalue weighted by Gasteiger charge is 2.39. The van der Waals surface area contributed by atoms with Gasteiger partial charge in [0.2, 0.25) is 5.91 Å². The minimum atomic E-state index is -0.746. The molecule has 3 rings (SSSR count). The maximum absolute atomic E-state index is 14.6. The number of nitrogens with zero attached hydrogens (tertiary/aromatic N) is 2. The third-order valence-corrected chi connectivity index (χ3v) is 5.19. The number of allylic oxidation sites excluding steroid dienone is 1. The van der Waals surface area contributed by atoms with E-state index < -0.39 is 23.3 Å². The zero-order valence-corrected chi connectivity index (χ0v) is 18.1. The van der Waals surface area contributed by atoms with E-state index in [4.69, 9.17) is 4.74 Å². The first-order valence-electron chi connectivity index (χ1n) is 10.1. The second-order valence-electron chi connectivity index (χ2n) is 8.53. The summed E-state index contributed by atoms with van der Waals surface area (Å²) in [6, 6.07) is 15.3. The second kappa shape index (κ2) is 8.73. The molecular formula is C25H25FN2O3. The molecule has 1 unspecified atom stereocenters. The van der Waals surface area contributed by atoms with Gasteiger partial charge in [-0.05, 0) is 51.0 Å². The highest BCUT2D eigenvalue weighted by molar-refractivity contribution is 5.96. The smallest absolute Gasteiger partial charge is 0.336 e. The zero-order chi connectivity index (χ0) is 22.8. The normalized spacial score (nSPS) is 16.8. The Morgan fingerprint density at radius 1 is 1.19 bits per heavy atom. The molecule has 1 atom stereocenters. The molecule has 0 aromatic heterocycles. The lowest BCUT2D eigenvalue weighted by Gasteiger charge is -2.35. The average molecular weight is 420 g/mol. The molecule has 0 N–H and O–H groups in total. The van der Waals surface area contributed by atoms with E-state index in [1.807, 2.05) is 0 Å². The fraction of sp³-hybridized carbons (Fsp3) is 0.320. The molecule has 2 aromatic carbocycles. The van der Waals surface area contributed by atoms with Crippen molar-refractivity contribution in [3.63, 3.8) is 0 Å². The quantitative estimate of drug-likeness (QED) is 0.665. The number of hydrogen-bond acceptors (Lipinski definition) is 4. The molecule has 0 radical (unpaired) electrons. The summed E-state index contributed by atoms with van der Waals surface area (Å²) in [7, 11) is 0. The Balaban J connectivity index is 2.10. The number of carbonyl (C=O) groups excluding carboxylic acids is 2. The number of benzene rings is 2. The van der Waals surface area contributed by atoms with E-state index in [2.05, 4.69) is 6.07 Å². The summed E-state index contributed by atoms with van der Waals surface area (Å²) in [5.74, 6) is -2.04. The van der Waals surface area contributed by atoms with E-state index >= 15 is 0 Å². The Labute approximate surface area is 181 Å². The van der Waals surface area contributed by atoms with Gasteiger partial charge < -0.3 is 9.64 Å². The summed E-state index contributed by atoms with van der Waals surface area (Å²) in [5, 5.41) is 9.39. The molecule has 0 saturated carbocycles. The first kappa shape index (κ1) is 22.2. The molecule has 0 aliphatic carbocycles.